The van der Waals surface area contributed by atoms with Crippen molar-refractivity contribution in [3.05, 3.63) is 48.0 Å². The number of aryl methyl sites for hydroxylation is 1. The van der Waals surface area contributed by atoms with Gasteiger partial charge in [0.1, 0.15) is 0 Å². The highest BCUT2D eigenvalue weighted by atomic mass is 32.2. The fraction of sp³-hybridized carbons (Fsp3) is 0.143. The number of sulfone groups is 1. The predicted molar refractivity (Wildman–Crippen MR) is 79.3 cm³/mol. The zero-order chi connectivity index (χ0) is 14.0. The lowest BCUT2D eigenvalue weighted by atomic mass is 10.2. The highest BCUT2D eigenvalue weighted by molar-refractivity contribution is 7.99. The number of hydrogen-bond donors (Lipinski definition) is 1. The molecule has 5 heteroatoms. The van der Waals surface area contributed by atoms with E-state index in [1.54, 1.807) is 24.3 Å². The van der Waals surface area contributed by atoms with Crippen LogP contribution in [0.5, 0.6) is 0 Å². The van der Waals surface area contributed by atoms with Crippen LogP contribution in [0, 0.1) is 6.92 Å². The number of nitrogens with two attached hydrogens (primary N) is 1. The van der Waals surface area contributed by atoms with Crippen molar-refractivity contribution >= 4 is 27.3 Å². The molecule has 2 N–H and O–H groups in total. The van der Waals surface area contributed by atoms with Gasteiger partial charge in [0.15, 0.2) is 9.84 Å². The minimum absolute atomic E-state index is 0.328. The summed E-state index contributed by atoms with van der Waals surface area (Å²) in [5.74, 6) is 0. The van der Waals surface area contributed by atoms with Gasteiger partial charge in [0.2, 0.25) is 0 Å². The second kappa shape index (κ2) is 5.27. The van der Waals surface area contributed by atoms with E-state index in [-0.39, 0.29) is 0 Å². The first-order valence-electron chi connectivity index (χ1n) is 5.70. The van der Waals surface area contributed by atoms with Crippen LogP contribution < -0.4 is 5.73 Å². The van der Waals surface area contributed by atoms with Gasteiger partial charge in [-0.3, -0.25) is 0 Å². The van der Waals surface area contributed by atoms with Crippen LogP contribution in [0.1, 0.15) is 5.56 Å². The normalized spacial score (nSPS) is 11.5. The molecule has 0 saturated carbocycles. The highest BCUT2D eigenvalue weighted by Crippen LogP contribution is 2.33. The summed E-state index contributed by atoms with van der Waals surface area (Å²) in [6.07, 6.45) is 1.20. The first-order valence-corrected chi connectivity index (χ1v) is 8.41. The Morgan fingerprint density at radius 1 is 1.05 bits per heavy atom. The van der Waals surface area contributed by atoms with Gasteiger partial charge in [-0.05, 0) is 48.9 Å². The van der Waals surface area contributed by atoms with Crippen molar-refractivity contribution in [1.82, 2.24) is 0 Å². The molecule has 0 aliphatic carbocycles. The molecular formula is C14H15NO2S2. The first-order chi connectivity index (χ1) is 8.86. The van der Waals surface area contributed by atoms with E-state index in [1.165, 1.54) is 18.0 Å². The SMILES string of the molecule is Cc1ccc(N)c(Sc2ccc(S(C)(=O)=O)cc2)c1. The molecule has 0 heterocycles. The molecule has 2 aromatic carbocycles. The van der Waals surface area contributed by atoms with Crippen molar-refractivity contribution in [3.8, 4) is 0 Å². The topological polar surface area (TPSA) is 60.2 Å². The summed E-state index contributed by atoms with van der Waals surface area (Å²) in [6, 6.07) is 12.7. The van der Waals surface area contributed by atoms with Crippen molar-refractivity contribution in [2.45, 2.75) is 21.6 Å². The number of anilines is 1. The van der Waals surface area contributed by atoms with Crippen LogP contribution in [-0.2, 0) is 9.84 Å². The summed E-state index contributed by atoms with van der Waals surface area (Å²) in [6.45, 7) is 2.01. The van der Waals surface area contributed by atoms with Crippen LogP contribution in [0.25, 0.3) is 0 Å². The third kappa shape index (κ3) is 3.52. The number of benzene rings is 2. The van der Waals surface area contributed by atoms with Crippen LogP contribution in [0.15, 0.2) is 57.2 Å². The average molecular weight is 293 g/mol. The van der Waals surface area contributed by atoms with Crippen molar-refractivity contribution in [1.29, 1.82) is 0 Å². The third-order valence-corrected chi connectivity index (χ3v) is 4.86. The zero-order valence-corrected chi connectivity index (χ0v) is 12.4. The third-order valence-electron chi connectivity index (χ3n) is 2.65. The molecule has 0 saturated heterocycles. The molecule has 0 radical (unpaired) electrons. The molecule has 0 aromatic heterocycles. The summed E-state index contributed by atoms with van der Waals surface area (Å²) in [5.41, 5.74) is 7.79. The van der Waals surface area contributed by atoms with Crippen molar-refractivity contribution < 1.29 is 8.42 Å². The van der Waals surface area contributed by atoms with E-state index in [0.29, 0.717) is 4.90 Å². The molecule has 0 aliphatic heterocycles. The maximum atomic E-state index is 11.4. The van der Waals surface area contributed by atoms with E-state index in [9.17, 15) is 8.42 Å². The lowest BCUT2D eigenvalue weighted by Crippen LogP contribution is -1.96. The van der Waals surface area contributed by atoms with Gasteiger partial charge in [0.25, 0.3) is 0 Å². The van der Waals surface area contributed by atoms with Gasteiger partial charge in [0, 0.05) is 21.7 Å². The molecule has 0 amide bonds. The summed E-state index contributed by atoms with van der Waals surface area (Å²) in [4.78, 5) is 2.27. The van der Waals surface area contributed by atoms with E-state index in [1.807, 2.05) is 25.1 Å². The summed E-state index contributed by atoms with van der Waals surface area (Å²) >= 11 is 1.53. The quantitative estimate of drug-likeness (QED) is 0.883. The molecule has 3 nitrogen and oxygen atoms in total. The molecule has 0 unspecified atom stereocenters. The van der Waals surface area contributed by atoms with Crippen molar-refractivity contribution in [2.75, 3.05) is 12.0 Å². The Morgan fingerprint density at radius 2 is 1.68 bits per heavy atom. The molecule has 19 heavy (non-hydrogen) atoms. The second-order valence-electron chi connectivity index (χ2n) is 4.39. The maximum absolute atomic E-state index is 11.4. The van der Waals surface area contributed by atoms with Crippen LogP contribution >= 0.6 is 11.8 Å². The fourth-order valence-corrected chi connectivity index (χ4v) is 3.20. The van der Waals surface area contributed by atoms with E-state index in [4.69, 9.17) is 5.73 Å². The first kappa shape index (κ1) is 14.0. The number of rotatable bonds is 3. The minimum Gasteiger partial charge on any atom is -0.398 e. The predicted octanol–water partition coefficient (Wildman–Crippen LogP) is 3.13. The molecule has 2 rings (SSSR count). The Hall–Kier alpha value is -1.46. The lowest BCUT2D eigenvalue weighted by molar-refractivity contribution is 0.602. The van der Waals surface area contributed by atoms with Gasteiger partial charge in [-0.2, -0.15) is 0 Å². The molecule has 0 atom stereocenters. The second-order valence-corrected chi connectivity index (χ2v) is 7.52. The molecule has 0 bridgehead atoms. The van der Waals surface area contributed by atoms with Crippen molar-refractivity contribution in [2.24, 2.45) is 0 Å². The van der Waals surface area contributed by atoms with E-state index >= 15 is 0 Å². The summed E-state index contributed by atoms with van der Waals surface area (Å²) in [7, 11) is -3.14. The highest BCUT2D eigenvalue weighted by Gasteiger charge is 2.07. The van der Waals surface area contributed by atoms with Crippen LogP contribution in [0.4, 0.5) is 5.69 Å². The van der Waals surface area contributed by atoms with Crippen LogP contribution in [-0.4, -0.2) is 14.7 Å². The molecular weight excluding hydrogens is 278 g/mol. The number of hydrogen-bond acceptors (Lipinski definition) is 4. The van der Waals surface area contributed by atoms with Crippen LogP contribution in [0.3, 0.4) is 0 Å². The molecule has 0 spiro atoms. The number of nitrogen functional groups attached to an aromatic ring is 1. The molecule has 100 valence electrons. The minimum atomic E-state index is -3.14. The van der Waals surface area contributed by atoms with E-state index < -0.39 is 9.84 Å². The fourth-order valence-electron chi connectivity index (χ4n) is 1.61. The van der Waals surface area contributed by atoms with Gasteiger partial charge in [0.05, 0.1) is 4.90 Å². The Balaban J connectivity index is 2.27. The van der Waals surface area contributed by atoms with Gasteiger partial charge in [-0.25, -0.2) is 8.42 Å². The largest absolute Gasteiger partial charge is 0.398 e. The molecule has 2 aromatic rings. The van der Waals surface area contributed by atoms with E-state index in [0.717, 1.165) is 21.0 Å². The maximum Gasteiger partial charge on any atom is 0.175 e. The Kier molecular flexibility index (Phi) is 3.87. The molecule has 0 aliphatic rings. The van der Waals surface area contributed by atoms with Crippen LogP contribution in [0.2, 0.25) is 0 Å². The molecule has 0 fully saturated rings. The standard InChI is InChI=1S/C14H15NO2S2/c1-10-3-8-13(15)14(9-10)18-11-4-6-12(7-5-11)19(2,16)17/h3-9H,15H2,1-2H3. The van der Waals surface area contributed by atoms with E-state index in [2.05, 4.69) is 0 Å². The van der Waals surface area contributed by atoms with Gasteiger partial charge >= 0.3 is 0 Å². The van der Waals surface area contributed by atoms with Gasteiger partial charge in [-0.1, -0.05) is 17.8 Å². The zero-order valence-electron chi connectivity index (χ0n) is 10.8. The average Bonchev–Trinajstić information content (AvgIpc) is 2.33. The Morgan fingerprint density at radius 3 is 2.26 bits per heavy atom. The van der Waals surface area contributed by atoms with Gasteiger partial charge < -0.3 is 5.73 Å². The summed E-state index contributed by atoms with van der Waals surface area (Å²) in [5, 5.41) is 0. The summed E-state index contributed by atoms with van der Waals surface area (Å²) < 4.78 is 22.7. The lowest BCUT2D eigenvalue weighted by Gasteiger charge is -2.07. The Bertz CT molecular complexity index is 692. The monoisotopic (exact) mass is 293 g/mol. The smallest absolute Gasteiger partial charge is 0.175 e. The Labute approximate surface area is 117 Å². The van der Waals surface area contributed by atoms with Crippen molar-refractivity contribution in [3.63, 3.8) is 0 Å². The van der Waals surface area contributed by atoms with Gasteiger partial charge in [-0.15, -0.1) is 0 Å².